The van der Waals surface area contributed by atoms with Gasteiger partial charge in [-0.1, -0.05) is 36.8 Å². The molecule has 1 aliphatic carbocycles. The zero-order valence-corrected chi connectivity index (χ0v) is 8.52. The van der Waals surface area contributed by atoms with Crippen molar-refractivity contribution in [2.45, 2.75) is 44.1 Å². The van der Waals surface area contributed by atoms with Crippen LogP contribution in [0.1, 0.15) is 43.6 Å². The van der Waals surface area contributed by atoms with Crippen molar-refractivity contribution in [3.05, 3.63) is 35.9 Å². The maximum absolute atomic E-state index is 9.55. The van der Waals surface area contributed by atoms with Gasteiger partial charge in [0.25, 0.3) is 0 Å². The summed E-state index contributed by atoms with van der Waals surface area (Å²) < 4.78 is 0. The SMILES string of the molecule is O[C@H]1CCC[C@H](c2ccccc2)CC1. The summed E-state index contributed by atoms with van der Waals surface area (Å²) in [6, 6.07) is 10.7. The molecule has 1 N–H and O–H groups in total. The van der Waals surface area contributed by atoms with Crippen LogP contribution in [0, 0.1) is 0 Å². The van der Waals surface area contributed by atoms with E-state index in [4.69, 9.17) is 0 Å². The molecule has 1 aliphatic rings. The van der Waals surface area contributed by atoms with Crippen LogP contribution in [0.15, 0.2) is 30.3 Å². The molecule has 1 fully saturated rings. The molecule has 14 heavy (non-hydrogen) atoms. The van der Waals surface area contributed by atoms with Crippen LogP contribution in [0.25, 0.3) is 0 Å². The van der Waals surface area contributed by atoms with Crippen molar-refractivity contribution in [3.63, 3.8) is 0 Å². The van der Waals surface area contributed by atoms with Gasteiger partial charge in [0.1, 0.15) is 0 Å². The fourth-order valence-electron chi connectivity index (χ4n) is 2.34. The molecule has 0 heterocycles. The van der Waals surface area contributed by atoms with E-state index >= 15 is 0 Å². The molecule has 0 aliphatic heterocycles. The second-order valence-corrected chi connectivity index (χ2v) is 4.27. The van der Waals surface area contributed by atoms with Gasteiger partial charge in [0.2, 0.25) is 0 Å². The lowest BCUT2D eigenvalue weighted by molar-refractivity contribution is 0.157. The van der Waals surface area contributed by atoms with E-state index in [0.717, 1.165) is 19.3 Å². The first-order valence-corrected chi connectivity index (χ1v) is 5.59. The highest BCUT2D eigenvalue weighted by atomic mass is 16.3. The highest BCUT2D eigenvalue weighted by Crippen LogP contribution is 2.31. The molecule has 1 nitrogen and oxygen atoms in total. The molecule has 2 atom stereocenters. The fraction of sp³-hybridized carbons (Fsp3) is 0.538. The molecule has 1 heteroatoms. The predicted octanol–water partition coefficient (Wildman–Crippen LogP) is 3.10. The Balaban J connectivity index is 2.04. The van der Waals surface area contributed by atoms with Gasteiger partial charge in [-0.25, -0.2) is 0 Å². The van der Waals surface area contributed by atoms with Crippen molar-refractivity contribution in [2.75, 3.05) is 0 Å². The molecule has 0 amide bonds. The molecule has 76 valence electrons. The zero-order chi connectivity index (χ0) is 9.80. The molecule has 0 unspecified atom stereocenters. The fourth-order valence-corrected chi connectivity index (χ4v) is 2.34. The van der Waals surface area contributed by atoms with Crippen LogP contribution in [0.4, 0.5) is 0 Å². The van der Waals surface area contributed by atoms with E-state index in [1.165, 1.54) is 18.4 Å². The van der Waals surface area contributed by atoms with Gasteiger partial charge in [0, 0.05) is 0 Å². The molecule has 0 aromatic heterocycles. The Hall–Kier alpha value is -0.820. The standard InChI is InChI=1S/C13H18O/c14-13-8-4-7-12(9-10-13)11-5-2-1-3-6-11/h1-3,5-6,12-14H,4,7-10H2/t12-,13-/m0/s1. The van der Waals surface area contributed by atoms with Crippen LogP contribution < -0.4 is 0 Å². The molecular formula is C13H18O. The third-order valence-corrected chi connectivity index (χ3v) is 3.21. The second kappa shape index (κ2) is 4.61. The lowest BCUT2D eigenvalue weighted by atomic mass is 9.92. The van der Waals surface area contributed by atoms with Crippen molar-refractivity contribution in [1.29, 1.82) is 0 Å². The Morgan fingerprint density at radius 2 is 1.71 bits per heavy atom. The average Bonchev–Trinajstić information content (AvgIpc) is 2.44. The van der Waals surface area contributed by atoms with E-state index < -0.39 is 0 Å². The molecule has 0 spiro atoms. The third kappa shape index (κ3) is 2.36. The first-order chi connectivity index (χ1) is 6.86. The van der Waals surface area contributed by atoms with Crippen LogP contribution in [-0.4, -0.2) is 11.2 Å². The van der Waals surface area contributed by atoms with E-state index in [2.05, 4.69) is 30.3 Å². The lowest BCUT2D eigenvalue weighted by Crippen LogP contribution is -2.03. The number of rotatable bonds is 1. The normalized spacial score (nSPS) is 28.4. The van der Waals surface area contributed by atoms with Crippen LogP contribution >= 0.6 is 0 Å². The van der Waals surface area contributed by atoms with E-state index in [1.807, 2.05) is 0 Å². The highest BCUT2D eigenvalue weighted by Gasteiger charge is 2.17. The Kier molecular flexibility index (Phi) is 3.20. The Bertz CT molecular complexity index is 268. The molecule has 0 bridgehead atoms. The van der Waals surface area contributed by atoms with Crippen LogP contribution in [0.5, 0.6) is 0 Å². The minimum atomic E-state index is -0.0521. The van der Waals surface area contributed by atoms with Crippen LogP contribution in [0.2, 0.25) is 0 Å². The minimum Gasteiger partial charge on any atom is -0.393 e. The van der Waals surface area contributed by atoms with Gasteiger partial charge in [-0.3, -0.25) is 0 Å². The zero-order valence-electron chi connectivity index (χ0n) is 8.52. The minimum absolute atomic E-state index is 0.0521. The summed E-state index contributed by atoms with van der Waals surface area (Å²) in [6.45, 7) is 0. The van der Waals surface area contributed by atoms with Crippen molar-refractivity contribution in [2.24, 2.45) is 0 Å². The number of hydrogen-bond donors (Lipinski definition) is 1. The Labute approximate surface area is 85.8 Å². The second-order valence-electron chi connectivity index (χ2n) is 4.27. The molecular weight excluding hydrogens is 172 g/mol. The van der Waals surface area contributed by atoms with Crippen molar-refractivity contribution in [3.8, 4) is 0 Å². The smallest absolute Gasteiger partial charge is 0.0540 e. The summed E-state index contributed by atoms with van der Waals surface area (Å²) in [5, 5.41) is 9.55. The van der Waals surface area contributed by atoms with Gasteiger partial charge < -0.3 is 5.11 Å². The van der Waals surface area contributed by atoms with Gasteiger partial charge in [0.05, 0.1) is 6.10 Å². The van der Waals surface area contributed by atoms with E-state index in [1.54, 1.807) is 0 Å². The summed E-state index contributed by atoms with van der Waals surface area (Å²) in [7, 11) is 0. The maximum Gasteiger partial charge on any atom is 0.0540 e. The van der Waals surface area contributed by atoms with Crippen LogP contribution in [-0.2, 0) is 0 Å². The monoisotopic (exact) mass is 190 g/mol. The van der Waals surface area contributed by atoms with Gasteiger partial charge in [0.15, 0.2) is 0 Å². The maximum atomic E-state index is 9.55. The Morgan fingerprint density at radius 3 is 2.50 bits per heavy atom. The first-order valence-electron chi connectivity index (χ1n) is 5.59. The summed E-state index contributed by atoms with van der Waals surface area (Å²) in [4.78, 5) is 0. The largest absolute Gasteiger partial charge is 0.393 e. The van der Waals surface area contributed by atoms with Crippen LogP contribution in [0.3, 0.4) is 0 Å². The molecule has 2 rings (SSSR count). The van der Waals surface area contributed by atoms with Gasteiger partial charge in [-0.05, 0) is 37.2 Å². The Morgan fingerprint density at radius 1 is 0.929 bits per heavy atom. The highest BCUT2D eigenvalue weighted by molar-refractivity contribution is 5.19. The third-order valence-electron chi connectivity index (χ3n) is 3.21. The topological polar surface area (TPSA) is 20.2 Å². The van der Waals surface area contributed by atoms with Crippen molar-refractivity contribution < 1.29 is 5.11 Å². The number of hydrogen-bond acceptors (Lipinski definition) is 1. The quantitative estimate of drug-likeness (QED) is 0.675. The lowest BCUT2D eigenvalue weighted by Gasteiger charge is -2.13. The molecule has 1 aromatic rings. The van der Waals surface area contributed by atoms with E-state index in [0.29, 0.717) is 5.92 Å². The summed E-state index contributed by atoms with van der Waals surface area (Å²) in [5.74, 6) is 0.674. The number of benzene rings is 1. The van der Waals surface area contributed by atoms with Gasteiger partial charge in [-0.15, -0.1) is 0 Å². The first kappa shape index (κ1) is 9.72. The number of aliphatic hydroxyl groups excluding tert-OH is 1. The molecule has 1 saturated carbocycles. The van der Waals surface area contributed by atoms with E-state index in [9.17, 15) is 5.11 Å². The van der Waals surface area contributed by atoms with E-state index in [-0.39, 0.29) is 6.10 Å². The summed E-state index contributed by atoms with van der Waals surface area (Å²) in [6.07, 6.45) is 5.46. The van der Waals surface area contributed by atoms with Gasteiger partial charge in [-0.2, -0.15) is 0 Å². The average molecular weight is 190 g/mol. The molecule has 1 aromatic carbocycles. The summed E-state index contributed by atoms with van der Waals surface area (Å²) >= 11 is 0. The predicted molar refractivity (Wildman–Crippen MR) is 58.3 cm³/mol. The van der Waals surface area contributed by atoms with Crippen molar-refractivity contribution in [1.82, 2.24) is 0 Å². The molecule has 0 saturated heterocycles. The summed E-state index contributed by atoms with van der Waals surface area (Å²) in [5.41, 5.74) is 1.45. The van der Waals surface area contributed by atoms with Gasteiger partial charge >= 0.3 is 0 Å². The van der Waals surface area contributed by atoms with Crippen molar-refractivity contribution >= 4 is 0 Å². The number of aliphatic hydroxyl groups is 1. The molecule has 0 radical (unpaired) electrons.